The van der Waals surface area contributed by atoms with Crippen LogP contribution in [0.3, 0.4) is 0 Å². The Morgan fingerprint density at radius 1 is 1.25 bits per heavy atom. The van der Waals surface area contributed by atoms with Gasteiger partial charge in [-0.15, -0.1) is 15.7 Å². The fourth-order valence-electron chi connectivity index (χ4n) is 2.28. The van der Waals surface area contributed by atoms with Crippen LogP contribution < -0.4 is 0 Å². The number of sulfonamides is 1. The summed E-state index contributed by atoms with van der Waals surface area (Å²) < 4.78 is 29.0. The van der Waals surface area contributed by atoms with Crippen LogP contribution in [0.25, 0.3) is 6.08 Å². The molecule has 0 aliphatic carbocycles. The number of benzene rings is 1. The predicted molar refractivity (Wildman–Crippen MR) is 110 cm³/mol. The highest BCUT2D eigenvalue weighted by Gasteiger charge is 2.34. The molecule has 1 aromatic carbocycles. The zero-order chi connectivity index (χ0) is 20.5. The number of nitro benzene ring substituents is 1. The molecule has 1 fully saturated rings. The molecule has 2 heterocycles. The highest BCUT2D eigenvalue weighted by molar-refractivity contribution is 8.19. The molecule has 0 N–H and O–H groups in total. The van der Waals surface area contributed by atoms with Crippen LogP contribution in [0.15, 0.2) is 49.9 Å². The lowest BCUT2D eigenvalue weighted by Crippen LogP contribution is -2.29. The van der Waals surface area contributed by atoms with Gasteiger partial charge in [-0.2, -0.15) is 8.42 Å². The zero-order valence-corrected chi connectivity index (χ0v) is 17.4. The van der Waals surface area contributed by atoms with E-state index >= 15 is 0 Å². The zero-order valence-electron chi connectivity index (χ0n) is 14.2. The number of thiophene rings is 1. The van der Waals surface area contributed by atoms with Crippen molar-refractivity contribution in [3.63, 3.8) is 0 Å². The van der Waals surface area contributed by atoms with Crippen molar-refractivity contribution in [2.75, 3.05) is 6.54 Å². The summed E-state index contributed by atoms with van der Waals surface area (Å²) in [4.78, 5) is 24.3. The molecule has 0 bridgehead atoms. The van der Waals surface area contributed by atoms with Crippen molar-refractivity contribution < 1.29 is 18.1 Å². The number of rotatable bonds is 5. The molecule has 1 amide bonds. The molecular weight excluding hydrogens is 446 g/mol. The van der Waals surface area contributed by atoms with Gasteiger partial charge in [0.1, 0.15) is 4.21 Å². The number of carbonyl (C=O) groups is 1. The summed E-state index contributed by atoms with van der Waals surface area (Å²) in [7, 11) is -4.00. The van der Waals surface area contributed by atoms with Gasteiger partial charge in [-0.1, -0.05) is 11.6 Å². The van der Waals surface area contributed by atoms with Gasteiger partial charge in [-0.25, -0.2) is 0 Å². The van der Waals surface area contributed by atoms with E-state index < -0.39 is 14.9 Å². The van der Waals surface area contributed by atoms with Crippen molar-refractivity contribution in [3.8, 4) is 0 Å². The van der Waals surface area contributed by atoms with E-state index in [-0.39, 0.29) is 32.4 Å². The molecule has 0 spiro atoms. The second-order valence-corrected chi connectivity index (χ2v) is 9.97. The van der Waals surface area contributed by atoms with Crippen LogP contribution in [0, 0.1) is 10.1 Å². The lowest BCUT2D eigenvalue weighted by molar-refractivity contribution is -0.384. The average molecular weight is 458 g/mol. The van der Waals surface area contributed by atoms with Gasteiger partial charge < -0.3 is 0 Å². The highest BCUT2D eigenvalue weighted by Crippen LogP contribution is 2.35. The Bertz CT molecular complexity index is 1110. The molecule has 0 atom stereocenters. The molecule has 1 saturated heterocycles. The van der Waals surface area contributed by atoms with E-state index in [2.05, 4.69) is 4.40 Å². The van der Waals surface area contributed by atoms with Crippen LogP contribution in [0.5, 0.6) is 0 Å². The molecule has 146 valence electrons. The Morgan fingerprint density at radius 2 is 1.93 bits per heavy atom. The van der Waals surface area contributed by atoms with E-state index in [9.17, 15) is 23.3 Å². The number of amidine groups is 1. The molecule has 0 radical (unpaired) electrons. The van der Waals surface area contributed by atoms with Crippen LogP contribution in [0.1, 0.15) is 12.5 Å². The van der Waals surface area contributed by atoms with Crippen LogP contribution in [0.4, 0.5) is 5.69 Å². The standard InChI is InChI=1S/C16H12ClN3O5S3/c1-2-19-15(21)12(9-10-3-5-11(6-4-10)20(22)23)26-16(19)18-28(24,25)14-8-7-13(17)27-14/h3-9H,2H2,1H3/b12-9-,18-16+. The number of amides is 1. The van der Waals surface area contributed by atoms with Gasteiger partial charge in [-0.3, -0.25) is 19.8 Å². The molecule has 12 heteroatoms. The maximum absolute atomic E-state index is 12.6. The summed E-state index contributed by atoms with van der Waals surface area (Å²) in [5, 5.41) is 10.8. The van der Waals surface area contributed by atoms with Crippen molar-refractivity contribution in [1.82, 2.24) is 4.90 Å². The van der Waals surface area contributed by atoms with E-state index in [0.29, 0.717) is 9.90 Å². The van der Waals surface area contributed by atoms with Crippen LogP contribution >= 0.6 is 34.7 Å². The van der Waals surface area contributed by atoms with Gasteiger partial charge in [0.2, 0.25) is 0 Å². The third-order valence-corrected chi connectivity index (χ3v) is 7.69. The Kier molecular flexibility index (Phi) is 5.89. The predicted octanol–water partition coefficient (Wildman–Crippen LogP) is 3.99. The van der Waals surface area contributed by atoms with Gasteiger partial charge in [0.15, 0.2) is 5.17 Å². The van der Waals surface area contributed by atoms with Crippen LogP contribution in [-0.2, 0) is 14.8 Å². The second-order valence-electron chi connectivity index (χ2n) is 5.42. The summed E-state index contributed by atoms with van der Waals surface area (Å²) in [6, 6.07) is 8.49. The van der Waals surface area contributed by atoms with E-state index in [1.54, 1.807) is 6.92 Å². The number of hydrogen-bond donors (Lipinski definition) is 0. The summed E-state index contributed by atoms with van der Waals surface area (Å²) in [6.45, 7) is 1.94. The number of hydrogen-bond acceptors (Lipinski definition) is 7. The van der Waals surface area contributed by atoms with Crippen LogP contribution in [0.2, 0.25) is 4.34 Å². The normalized spacial score (nSPS) is 17.6. The number of carbonyl (C=O) groups excluding carboxylic acids is 1. The topological polar surface area (TPSA) is 110 Å². The minimum atomic E-state index is -4.00. The number of halogens is 1. The molecule has 3 rings (SSSR count). The smallest absolute Gasteiger partial charge is 0.286 e. The SMILES string of the molecule is CCN1C(=O)/C(=C/c2ccc([N+](=O)[O-])cc2)S/C1=N/S(=O)(=O)c1ccc(Cl)s1. The van der Waals surface area contributed by atoms with E-state index in [1.165, 1.54) is 47.4 Å². The van der Waals surface area contributed by atoms with Gasteiger partial charge >= 0.3 is 0 Å². The first-order valence-corrected chi connectivity index (χ1v) is 11.2. The molecule has 1 aliphatic heterocycles. The first kappa shape index (κ1) is 20.5. The number of nitrogens with zero attached hydrogens (tertiary/aromatic N) is 3. The Hall–Kier alpha value is -2.21. The minimum Gasteiger partial charge on any atom is -0.286 e. The Morgan fingerprint density at radius 3 is 2.46 bits per heavy atom. The van der Waals surface area contributed by atoms with Gasteiger partial charge in [0.25, 0.3) is 21.6 Å². The second kappa shape index (κ2) is 8.03. The maximum Gasteiger partial charge on any atom is 0.294 e. The van der Waals surface area contributed by atoms with Gasteiger partial charge in [0.05, 0.1) is 14.2 Å². The van der Waals surface area contributed by atoms with Crippen LogP contribution in [-0.4, -0.2) is 35.9 Å². The molecule has 1 aliphatic rings. The van der Waals surface area contributed by atoms with E-state index in [1.807, 2.05) is 0 Å². The van der Waals surface area contributed by atoms with Gasteiger partial charge in [-0.05, 0) is 54.6 Å². The number of nitro groups is 1. The maximum atomic E-state index is 12.6. The average Bonchev–Trinajstić information content (AvgIpc) is 3.19. The van der Waals surface area contributed by atoms with Crippen molar-refractivity contribution in [2.24, 2.45) is 4.40 Å². The lowest BCUT2D eigenvalue weighted by Gasteiger charge is -2.11. The number of thioether (sulfide) groups is 1. The third-order valence-electron chi connectivity index (χ3n) is 3.61. The summed E-state index contributed by atoms with van der Waals surface area (Å²) in [6.07, 6.45) is 1.54. The summed E-state index contributed by atoms with van der Waals surface area (Å²) in [5.41, 5.74) is 0.511. The molecule has 2 aromatic rings. The molecular formula is C16H12ClN3O5S3. The van der Waals surface area contributed by atoms with Crippen molar-refractivity contribution >= 4 is 67.6 Å². The number of non-ortho nitro benzene ring substituents is 1. The largest absolute Gasteiger partial charge is 0.294 e. The molecule has 1 aromatic heterocycles. The van der Waals surface area contributed by atoms with E-state index in [0.717, 1.165) is 23.1 Å². The van der Waals surface area contributed by atoms with Crippen molar-refractivity contribution in [2.45, 2.75) is 11.1 Å². The molecule has 28 heavy (non-hydrogen) atoms. The molecule has 8 nitrogen and oxygen atoms in total. The number of likely N-dealkylation sites (N-methyl/N-ethyl adjacent to an activating group) is 1. The molecule has 0 unspecified atom stereocenters. The lowest BCUT2D eigenvalue weighted by atomic mass is 10.2. The Balaban J connectivity index is 1.93. The quantitative estimate of drug-likeness (QED) is 0.381. The summed E-state index contributed by atoms with van der Waals surface area (Å²) in [5.74, 6) is -0.385. The van der Waals surface area contributed by atoms with E-state index in [4.69, 9.17) is 11.6 Å². The first-order valence-electron chi connectivity index (χ1n) is 7.77. The van der Waals surface area contributed by atoms with Gasteiger partial charge in [0, 0.05) is 18.7 Å². The highest BCUT2D eigenvalue weighted by atomic mass is 35.5. The minimum absolute atomic E-state index is 0.0121. The molecule has 0 saturated carbocycles. The fourth-order valence-corrected chi connectivity index (χ4v) is 5.99. The van der Waals surface area contributed by atoms with Crippen molar-refractivity contribution in [3.05, 3.63) is 61.3 Å². The fraction of sp³-hybridized carbons (Fsp3) is 0.125. The Labute approximate surface area is 173 Å². The van der Waals surface area contributed by atoms with Crippen molar-refractivity contribution in [1.29, 1.82) is 0 Å². The summed E-state index contributed by atoms with van der Waals surface area (Å²) >= 11 is 7.60. The first-order chi connectivity index (χ1) is 13.2. The third kappa shape index (κ3) is 4.27. The monoisotopic (exact) mass is 457 g/mol.